The fourth-order valence-corrected chi connectivity index (χ4v) is 4.78. The van der Waals surface area contributed by atoms with Crippen LogP contribution in [0.4, 0.5) is 0 Å². The molecule has 0 spiro atoms. The Hall–Kier alpha value is -3.55. The molecule has 0 radical (unpaired) electrons. The van der Waals surface area contributed by atoms with Gasteiger partial charge in [0.25, 0.3) is 0 Å². The minimum absolute atomic E-state index is 0.102. The molecule has 0 amide bonds. The van der Waals surface area contributed by atoms with Crippen LogP contribution in [0.1, 0.15) is 117 Å². The van der Waals surface area contributed by atoms with Crippen LogP contribution < -0.4 is 0 Å². The van der Waals surface area contributed by atoms with Crippen LogP contribution in [0.5, 0.6) is 0 Å². The van der Waals surface area contributed by atoms with Gasteiger partial charge in [0, 0.05) is 20.0 Å². The summed E-state index contributed by atoms with van der Waals surface area (Å²) < 4.78 is 31.8. The summed E-state index contributed by atoms with van der Waals surface area (Å²) in [5, 5.41) is 0. The van der Waals surface area contributed by atoms with Gasteiger partial charge in [-0.3, -0.25) is 18.6 Å². The number of unbranched alkanes of at least 4 members (excludes halogenated alkanes) is 2. The third-order valence-corrected chi connectivity index (χ3v) is 8.15. The van der Waals surface area contributed by atoms with Crippen molar-refractivity contribution in [1.82, 2.24) is 0 Å². The van der Waals surface area contributed by atoms with Crippen LogP contribution in [-0.4, -0.2) is 43.3 Å². The first-order valence-electron chi connectivity index (χ1n) is 19.2. The van der Waals surface area contributed by atoms with Gasteiger partial charge in [0.05, 0.1) is 6.61 Å². The number of rotatable bonds is 33. The van der Waals surface area contributed by atoms with Crippen LogP contribution in [0.3, 0.4) is 0 Å². The quantitative estimate of drug-likeness (QED) is 0.0305. The number of hydrogen-bond donors (Lipinski definition) is 1. The summed E-state index contributed by atoms with van der Waals surface area (Å²) in [5.74, 6) is -0.967. The fraction of sp³-hybridized carbons (Fsp3) is 0.500. The van der Waals surface area contributed by atoms with Crippen molar-refractivity contribution in [2.45, 2.75) is 123 Å². The maximum Gasteiger partial charge on any atom is 0.472 e. The van der Waals surface area contributed by atoms with Crippen molar-refractivity contribution in [3.05, 3.63) is 122 Å². The van der Waals surface area contributed by atoms with E-state index in [1.54, 1.807) is 0 Å². The first-order chi connectivity index (χ1) is 25.8. The number of phosphoric ester groups is 1. The third-order valence-electron chi connectivity index (χ3n) is 7.21. The van der Waals surface area contributed by atoms with Crippen LogP contribution in [0.15, 0.2) is 122 Å². The van der Waals surface area contributed by atoms with Crippen molar-refractivity contribution in [2.24, 2.45) is 0 Å². The Labute approximate surface area is 321 Å². The molecule has 0 heterocycles. The molecule has 0 fully saturated rings. The molecule has 0 saturated carbocycles. The Balaban J connectivity index is 4.30. The summed E-state index contributed by atoms with van der Waals surface area (Å²) in [6, 6.07) is 0. The highest BCUT2D eigenvalue weighted by atomic mass is 31.2. The number of esters is 2. The van der Waals surface area contributed by atoms with Gasteiger partial charge in [-0.1, -0.05) is 135 Å². The van der Waals surface area contributed by atoms with Crippen LogP contribution in [0, 0.1) is 0 Å². The molecule has 0 rings (SSSR count). The normalized spacial score (nSPS) is 14.7. The zero-order chi connectivity index (χ0) is 38.9. The highest BCUT2D eigenvalue weighted by Gasteiger charge is 2.24. The van der Waals surface area contributed by atoms with Gasteiger partial charge in [-0.2, -0.15) is 0 Å². The molecule has 2 atom stereocenters. The summed E-state index contributed by atoms with van der Waals surface area (Å²) in [6.07, 6.45) is 54.1. The topological polar surface area (TPSA) is 108 Å². The highest BCUT2D eigenvalue weighted by Crippen LogP contribution is 2.42. The smallest absolute Gasteiger partial charge is 0.462 e. The summed E-state index contributed by atoms with van der Waals surface area (Å²) in [4.78, 5) is 34.3. The molecule has 1 N–H and O–H groups in total. The molecule has 0 bridgehead atoms. The van der Waals surface area contributed by atoms with Gasteiger partial charge in [-0.15, -0.1) is 0 Å². The van der Waals surface area contributed by atoms with Gasteiger partial charge >= 0.3 is 19.8 Å². The maximum absolute atomic E-state index is 12.4. The number of carbonyl (C=O) groups excluding carboxylic acids is 2. The van der Waals surface area contributed by atoms with E-state index in [9.17, 15) is 19.0 Å². The molecule has 0 aliphatic carbocycles. The van der Waals surface area contributed by atoms with E-state index in [-0.39, 0.29) is 19.4 Å². The average molecular weight is 755 g/mol. The average Bonchev–Trinajstić information content (AvgIpc) is 3.15. The molecule has 0 aromatic carbocycles. The summed E-state index contributed by atoms with van der Waals surface area (Å²) in [7, 11) is -3.26. The lowest BCUT2D eigenvalue weighted by Crippen LogP contribution is -2.29. The molecule has 0 aromatic rings. The number of hydrogen-bond acceptors (Lipinski definition) is 7. The lowest BCUT2D eigenvalue weighted by Gasteiger charge is -2.19. The summed E-state index contributed by atoms with van der Waals surface area (Å²) in [5.41, 5.74) is 0. The molecule has 0 aromatic heterocycles. The van der Waals surface area contributed by atoms with Crippen molar-refractivity contribution >= 4 is 19.8 Å². The second kappa shape index (κ2) is 38.2. The van der Waals surface area contributed by atoms with E-state index >= 15 is 0 Å². The molecule has 0 aliphatic heterocycles. The lowest BCUT2D eigenvalue weighted by molar-refractivity contribution is -0.161. The Morgan fingerprint density at radius 3 is 1.34 bits per heavy atom. The predicted octanol–water partition coefficient (Wildman–Crippen LogP) is 12.0. The molecule has 9 heteroatoms. The zero-order valence-corrected chi connectivity index (χ0v) is 33.5. The van der Waals surface area contributed by atoms with Crippen molar-refractivity contribution in [2.75, 3.05) is 20.3 Å². The third kappa shape index (κ3) is 38.0. The first-order valence-corrected chi connectivity index (χ1v) is 20.7. The first kappa shape index (κ1) is 49.5. The van der Waals surface area contributed by atoms with E-state index in [1.807, 2.05) is 12.2 Å². The van der Waals surface area contributed by atoms with Crippen molar-refractivity contribution in [3.63, 3.8) is 0 Å². The molecule has 0 saturated heterocycles. The fourth-order valence-electron chi connectivity index (χ4n) is 4.32. The van der Waals surface area contributed by atoms with Gasteiger partial charge in [-0.05, 0) is 89.9 Å². The zero-order valence-electron chi connectivity index (χ0n) is 32.6. The summed E-state index contributed by atoms with van der Waals surface area (Å²) in [6.45, 7) is 3.53. The second-order valence-electron chi connectivity index (χ2n) is 11.9. The Morgan fingerprint density at radius 1 is 0.528 bits per heavy atom. The molecule has 296 valence electrons. The number of ether oxygens (including phenoxy) is 2. The minimum Gasteiger partial charge on any atom is -0.462 e. The van der Waals surface area contributed by atoms with E-state index in [2.05, 4.69) is 128 Å². The van der Waals surface area contributed by atoms with E-state index < -0.39 is 32.5 Å². The van der Waals surface area contributed by atoms with Gasteiger partial charge < -0.3 is 14.4 Å². The molecule has 2 unspecified atom stereocenters. The van der Waals surface area contributed by atoms with Crippen LogP contribution in [0.2, 0.25) is 0 Å². The predicted molar refractivity (Wildman–Crippen MR) is 220 cm³/mol. The monoisotopic (exact) mass is 754 g/mol. The Morgan fingerprint density at radius 2 is 0.925 bits per heavy atom. The Bertz CT molecular complexity index is 1270. The van der Waals surface area contributed by atoms with Gasteiger partial charge in [0.15, 0.2) is 6.10 Å². The SMILES string of the molecule is CC/C=C\C/C=C\C/C=C\C/C=C\C/C=C\C/C=C\CCC(=O)OC(COC(=O)CCCC/C=C\C/C=C\C/C=C\C/C=C\CC)COP(=O)(O)OC. The maximum atomic E-state index is 12.4. The molecule has 53 heavy (non-hydrogen) atoms. The molecular formula is C44H67O8P. The van der Waals surface area contributed by atoms with E-state index in [0.29, 0.717) is 12.8 Å². The number of allylic oxidation sites excluding steroid dienone is 20. The number of carbonyl (C=O) groups is 2. The van der Waals surface area contributed by atoms with Crippen molar-refractivity contribution < 1.29 is 37.6 Å². The highest BCUT2D eigenvalue weighted by molar-refractivity contribution is 7.47. The van der Waals surface area contributed by atoms with Gasteiger partial charge in [0.2, 0.25) is 0 Å². The van der Waals surface area contributed by atoms with Crippen molar-refractivity contribution in [1.29, 1.82) is 0 Å². The number of phosphoric acid groups is 1. The van der Waals surface area contributed by atoms with Gasteiger partial charge in [0.1, 0.15) is 6.61 Å². The largest absolute Gasteiger partial charge is 0.472 e. The summed E-state index contributed by atoms with van der Waals surface area (Å²) >= 11 is 0. The van der Waals surface area contributed by atoms with Crippen LogP contribution in [-0.2, 0) is 32.7 Å². The molecular weight excluding hydrogens is 687 g/mol. The van der Waals surface area contributed by atoms with E-state index in [4.69, 9.17) is 14.0 Å². The van der Waals surface area contributed by atoms with Crippen LogP contribution in [0.25, 0.3) is 0 Å². The van der Waals surface area contributed by atoms with Gasteiger partial charge in [-0.25, -0.2) is 4.57 Å². The van der Waals surface area contributed by atoms with E-state index in [1.165, 1.54) is 0 Å². The lowest BCUT2D eigenvalue weighted by atomic mass is 10.2. The van der Waals surface area contributed by atoms with E-state index in [0.717, 1.165) is 84.2 Å². The second-order valence-corrected chi connectivity index (χ2v) is 13.5. The van der Waals surface area contributed by atoms with Crippen molar-refractivity contribution in [3.8, 4) is 0 Å². The minimum atomic E-state index is -4.30. The molecule has 0 aliphatic rings. The standard InChI is InChI=1S/C44H67O8P/c1-4-6-8-10-12-14-16-18-20-21-22-23-25-27-29-31-33-35-37-39-44(46)52-42(41-51-53(47,48)49-3)40-50-43(45)38-36-34-32-30-28-26-24-19-17-15-13-11-9-7-5-2/h6-9,12-15,18-20,22-24,27-30,33,35,42H,4-5,10-11,16-17,21,25-26,31-32,34,36-41H2,1-3H3,(H,47,48)/b8-6-,9-7-,14-12-,15-13-,20-18-,23-22-,24-19-,29-27-,30-28-,35-33-. The molecule has 8 nitrogen and oxygen atoms in total. The van der Waals surface area contributed by atoms with Crippen LogP contribution >= 0.6 is 7.82 Å². The Kier molecular flexibility index (Phi) is 35.6.